The number of rotatable bonds is 8. The summed E-state index contributed by atoms with van der Waals surface area (Å²) in [7, 11) is -1.39. The summed E-state index contributed by atoms with van der Waals surface area (Å²) in [5.41, 5.74) is 2.99. The van der Waals surface area contributed by atoms with E-state index in [4.69, 9.17) is 0 Å². The standard InChI is InChI=1S/C20H34Si/c1-8-15-21(7,20(5,6)10-3)16-18-11-13-19(14-12-18)17(4)9-2/h8,11-14,17H,1,9-10,15-16H2,2-7H3. The third kappa shape index (κ3) is 4.32. The SMILES string of the molecule is C=CC[Si](C)(Cc1ccc(C(C)CC)cc1)C(C)(C)CC. The number of benzene rings is 1. The molecule has 0 aliphatic heterocycles. The van der Waals surface area contributed by atoms with Gasteiger partial charge in [-0.05, 0) is 35.0 Å². The van der Waals surface area contributed by atoms with E-state index in [9.17, 15) is 0 Å². The highest BCUT2D eigenvalue weighted by molar-refractivity contribution is 6.81. The quantitative estimate of drug-likeness (QED) is 0.368. The first-order valence-electron chi connectivity index (χ1n) is 8.49. The summed E-state index contributed by atoms with van der Waals surface area (Å²) >= 11 is 0. The lowest BCUT2D eigenvalue weighted by Crippen LogP contribution is -2.44. The smallest absolute Gasteiger partial charge is 0.0642 e. The van der Waals surface area contributed by atoms with Gasteiger partial charge in [-0.3, -0.25) is 0 Å². The van der Waals surface area contributed by atoms with Gasteiger partial charge in [0.05, 0.1) is 8.07 Å². The highest BCUT2D eigenvalue weighted by Gasteiger charge is 2.40. The predicted octanol–water partition coefficient (Wildman–Crippen LogP) is 6.74. The van der Waals surface area contributed by atoms with Gasteiger partial charge in [0.15, 0.2) is 0 Å². The minimum atomic E-state index is -1.39. The zero-order valence-electron chi connectivity index (χ0n) is 15.0. The van der Waals surface area contributed by atoms with E-state index in [2.05, 4.69) is 78.1 Å². The van der Waals surface area contributed by atoms with Crippen LogP contribution in [0.2, 0.25) is 17.6 Å². The van der Waals surface area contributed by atoms with Crippen LogP contribution in [0.25, 0.3) is 0 Å². The van der Waals surface area contributed by atoms with Crippen molar-refractivity contribution in [3.63, 3.8) is 0 Å². The molecule has 0 saturated heterocycles. The molecule has 1 heteroatoms. The Morgan fingerprint density at radius 3 is 2.19 bits per heavy atom. The molecule has 2 unspecified atom stereocenters. The van der Waals surface area contributed by atoms with Crippen LogP contribution < -0.4 is 0 Å². The van der Waals surface area contributed by atoms with Crippen molar-refractivity contribution in [3.8, 4) is 0 Å². The van der Waals surface area contributed by atoms with Crippen molar-refractivity contribution in [1.82, 2.24) is 0 Å². The molecule has 118 valence electrons. The number of hydrogen-bond acceptors (Lipinski definition) is 0. The van der Waals surface area contributed by atoms with Gasteiger partial charge in [-0.1, -0.05) is 83.5 Å². The average Bonchev–Trinajstić information content (AvgIpc) is 2.47. The van der Waals surface area contributed by atoms with E-state index in [-0.39, 0.29) is 0 Å². The molecule has 0 aliphatic rings. The molecule has 0 heterocycles. The van der Waals surface area contributed by atoms with E-state index in [0.717, 1.165) is 0 Å². The van der Waals surface area contributed by atoms with Gasteiger partial charge in [-0.15, -0.1) is 6.58 Å². The molecule has 1 aromatic rings. The summed E-state index contributed by atoms with van der Waals surface area (Å²) < 4.78 is 0. The Hall–Kier alpha value is -0.823. The van der Waals surface area contributed by atoms with Crippen LogP contribution in [0.1, 0.15) is 64.5 Å². The average molecular weight is 303 g/mol. The van der Waals surface area contributed by atoms with Gasteiger partial charge in [0.1, 0.15) is 0 Å². The summed E-state index contributed by atoms with van der Waals surface area (Å²) in [4.78, 5) is 0. The molecule has 0 spiro atoms. The molecular formula is C20H34Si. The minimum Gasteiger partial charge on any atom is -0.103 e. The normalized spacial score (nSPS) is 16.3. The van der Waals surface area contributed by atoms with Crippen molar-refractivity contribution in [1.29, 1.82) is 0 Å². The van der Waals surface area contributed by atoms with Crippen LogP contribution in [-0.4, -0.2) is 8.07 Å². The summed E-state index contributed by atoms with van der Waals surface area (Å²) in [5.74, 6) is 0.669. The Kier molecular flexibility index (Phi) is 6.46. The maximum atomic E-state index is 4.02. The zero-order valence-corrected chi connectivity index (χ0v) is 16.0. The van der Waals surface area contributed by atoms with Crippen LogP contribution in [0.5, 0.6) is 0 Å². The first kappa shape index (κ1) is 18.2. The van der Waals surface area contributed by atoms with E-state index >= 15 is 0 Å². The second kappa shape index (κ2) is 7.44. The summed E-state index contributed by atoms with van der Waals surface area (Å²) in [6.07, 6.45) is 4.62. The molecule has 2 atom stereocenters. The number of hydrogen-bond donors (Lipinski definition) is 0. The Morgan fingerprint density at radius 1 is 1.19 bits per heavy atom. The van der Waals surface area contributed by atoms with Gasteiger partial charge in [0, 0.05) is 0 Å². The van der Waals surface area contributed by atoms with Gasteiger partial charge in [0.25, 0.3) is 0 Å². The lowest BCUT2D eigenvalue weighted by Gasteiger charge is -2.42. The molecule has 0 N–H and O–H groups in total. The van der Waals surface area contributed by atoms with E-state index in [1.807, 2.05) is 0 Å². The largest absolute Gasteiger partial charge is 0.103 e. The van der Waals surface area contributed by atoms with Crippen molar-refractivity contribution in [2.45, 2.75) is 77.1 Å². The predicted molar refractivity (Wildman–Crippen MR) is 99.8 cm³/mol. The van der Waals surface area contributed by atoms with Crippen molar-refractivity contribution >= 4 is 8.07 Å². The van der Waals surface area contributed by atoms with E-state index in [1.165, 1.54) is 36.1 Å². The van der Waals surface area contributed by atoms with Crippen LogP contribution in [0.4, 0.5) is 0 Å². The highest BCUT2D eigenvalue weighted by Crippen LogP contribution is 2.44. The molecule has 0 saturated carbocycles. The van der Waals surface area contributed by atoms with Crippen LogP contribution in [0.3, 0.4) is 0 Å². The first-order valence-corrected chi connectivity index (χ1v) is 11.4. The Bertz CT molecular complexity index is 443. The molecule has 0 aliphatic carbocycles. The molecular weight excluding hydrogens is 268 g/mol. The molecule has 0 nitrogen and oxygen atoms in total. The molecule has 0 fully saturated rings. The highest BCUT2D eigenvalue weighted by atomic mass is 28.3. The maximum absolute atomic E-state index is 4.02. The van der Waals surface area contributed by atoms with Gasteiger partial charge in [-0.25, -0.2) is 0 Å². The molecule has 0 radical (unpaired) electrons. The molecule has 21 heavy (non-hydrogen) atoms. The monoisotopic (exact) mass is 302 g/mol. The second-order valence-electron chi connectivity index (χ2n) is 7.52. The zero-order chi connectivity index (χ0) is 16.1. The van der Waals surface area contributed by atoms with E-state index < -0.39 is 8.07 Å². The minimum absolute atomic E-state index is 0.455. The van der Waals surface area contributed by atoms with Crippen molar-refractivity contribution in [2.24, 2.45) is 0 Å². The lowest BCUT2D eigenvalue weighted by molar-refractivity contribution is 0.611. The van der Waals surface area contributed by atoms with Crippen LogP contribution in [-0.2, 0) is 6.04 Å². The van der Waals surface area contributed by atoms with Gasteiger partial charge >= 0.3 is 0 Å². The Labute approximate surface area is 133 Å². The summed E-state index contributed by atoms with van der Waals surface area (Å²) in [5, 5.41) is 0.455. The third-order valence-electron chi connectivity index (χ3n) is 5.87. The van der Waals surface area contributed by atoms with E-state index in [0.29, 0.717) is 11.0 Å². The Balaban J connectivity index is 2.97. The third-order valence-corrected chi connectivity index (χ3v) is 11.9. The molecule has 1 aromatic carbocycles. The molecule has 0 bridgehead atoms. The van der Waals surface area contributed by atoms with Crippen LogP contribution in [0.15, 0.2) is 36.9 Å². The second-order valence-corrected chi connectivity index (χ2v) is 12.8. The summed E-state index contributed by atoms with van der Waals surface area (Å²) in [6, 6.07) is 11.9. The molecule has 1 rings (SSSR count). The molecule has 0 aromatic heterocycles. The van der Waals surface area contributed by atoms with E-state index in [1.54, 1.807) is 0 Å². The van der Waals surface area contributed by atoms with Crippen LogP contribution in [0, 0.1) is 0 Å². The first-order chi connectivity index (χ1) is 9.79. The maximum Gasteiger partial charge on any atom is 0.0642 e. The van der Waals surface area contributed by atoms with Crippen molar-refractivity contribution < 1.29 is 0 Å². The van der Waals surface area contributed by atoms with Gasteiger partial charge in [-0.2, -0.15) is 0 Å². The summed E-state index contributed by atoms with van der Waals surface area (Å²) in [6.45, 7) is 18.4. The van der Waals surface area contributed by atoms with Gasteiger partial charge < -0.3 is 0 Å². The lowest BCUT2D eigenvalue weighted by atomic mass is 9.98. The van der Waals surface area contributed by atoms with Gasteiger partial charge in [0.2, 0.25) is 0 Å². The fourth-order valence-electron chi connectivity index (χ4n) is 2.98. The fourth-order valence-corrected chi connectivity index (χ4v) is 6.79. The number of allylic oxidation sites excluding steroid dienone is 1. The fraction of sp³-hybridized carbons (Fsp3) is 0.600. The Morgan fingerprint density at radius 2 is 1.76 bits per heavy atom. The van der Waals surface area contributed by atoms with Crippen molar-refractivity contribution in [2.75, 3.05) is 0 Å². The topological polar surface area (TPSA) is 0 Å². The van der Waals surface area contributed by atoms with Crippen LogP contribution >= 0.6 is 0 Å². The van der Waals surface area contributed by atoms with Crippen molar-refractivity contribution in [3.05, 3.63) is 48.0 Å². The molecule has 0 amide bonds.